The number of nitro groups is 1. The second kappa shape index (κ2) is 10.2. The number of halogens is 1. The Hall–Kier alpha value is -4.09. The Balaban J connectivity index is 1.54. The Kier molecular flexibility index (Phi) is 6.95. The van der Waals surface area contributed by atoms with Crippen LogP contribution in [0.15, 0.2) is 88.1 Å². The number of rotatable bonds is 7. The van der Waals surface area contributed by atoms with E-state index < -0.39 is 16.6 Å². The molecule has 34 heavy (non-hydrogen) atoms. The van der Waals surface area contributed by atoms with Crippen molar-refractivity contribution >= 4 is 51.4 Å². The maximum Gasteiger partial charge on any atom is 0.270 e. The zero-order chi connectivity index (χ0) is 24.1. The number of nitrogens with one attached hydrogen (secondary N) is 2. The van der Waals surface area contributed by atoms with Crippen LogP contribution in [-0.2, 0) is 0 Å². The van der Waals surface area contributed by atoms with Gasteiger partial charge in [-0.15, -0.1) is 11.3 Å². The van der Waals surface area contributed by atoms with Gasteiger partial charge in [-0.3, -0.25) is 25.0 Å². The number of thiazole rings is 1. The highest BCUT2D eigenvalue weighted by Crippen LogP contribution is 2.34. The molecule has 0 unspecified atom stereocenters. The number of anilines is 2. The van der Waals surface area contributed by atoms with Crippen molar-refractivity contribution in [2.45, 2.75) is 9.79 Å². The van der Waals surface area contributed by atoms with Gasteiger partial charge < -0.3 is 5.32 Å². The molecular weight excluding hydrogens is 479 g/mol. The third-order valence-electron chi connectivity index (χ3n) is 4.53. The highest BCUT2D eigenvalue weighted by atomic mass is 32.2. The number of benzene rings is 3. The SMILES string of the molecule is O=C(Nc1nccs1)c1ccc(NC(=O)c2cc([N+](=O)[O-])ccc2Sc2ccccc2F)cc1. The van der Waals surface area contributed by atoms with Crippen LogP contribution in [0, 0.1) is 15.9 Å². The van der Waals surface area contributed by atoms with Gasteiger partial charge in [0.05, 0.1) is 10.5 Å². The molecule has 1 aromatic heterocycles. The van der Waals surface area contributed by atoms with Gasteiger partial charge in [-0.25, -0.2) is 9.37 Å². The summed E-state index contributed by atoms with van der Waals surface area (Å²) in [5.41, 5.74) is 0.494. The van der Waals surface area contributed by atoms with Gasteiger partial charge in [0.2, 0.25) is 0 Å². The summed E-state index contributed by atoms with van der Waals surface area (Å²) in [5, 5.41) is 18.8. The number of aromatic nitrogens is 1. The normalized spacial score (nSPS) is 10.5. The summed E-state index contributed by atoms with van der Waals surface area (Å²) in [4.78, 5) is 40.5. The van der Waals surface area contributed by atoms with Crippen LogP contribution in [0.1, 0.15) is 20.7 Å². The molecule has 4 aromatic rings. The maximum absolute atomic E-state index is 14.1. The molecule has 2 amide bonds. The van der Waals surface area contributed by atoms with Crippen molar-refractivity contribution in [1.82, 2.24) is 4.98 Å². The first-order valence-corrected chi connectivity index (χ1v) is 11.4. The lowest BCUT2D eigenvalue weighted by molar-refractivity contribution is -0.384. The van der Waals surface area contributed by atoms with Crippen molar-refractivity contribution in [3.63, 3.8) is 0 Å². The molecule has 0 bridgehead atoms. The van der Waals surface area contributed by atoms with E-state index in [1.807, 2.05) is 0 Å². The number of carbonyl (C=O) groups is 2. The van der Waals surface area contributed by atoms with Crippen LogP contribution in [0.5, 0.6) is 0 Å². The lowest BCUT2D eigenvalue weighted by Gasteiger charge is -2.11. The minimum atomic E-state index is -0.609. The Morgan fingerprint density at radius 3 is 2.41 bits per heavy atom. The van der Waals surface area contributed by atoms with Gasteiger partial charge in [0.15, 0.2) is 5.13 Å². The number of non-ortho nitro benzene ring substituents is 1. The van der Waals surface area contributed by atoms with E-state index >= 15 is 0 Å². The first-order valence-electron chi connectivity index (χ1n) is 9.74. The summed E-state index contributed by atoms with van der Waals surface area (Å²) < 4.78 is 14.1. The highest BCUT2D eigenvalue weighted by molar-refractivity contribution is 7.99. The molecule has 11 heteroatoms. The first-order chi connectivity index (χ1) is 16.4. The van der Waals surface area contributed by atoms with Crippen LogP contribution in [0.2, 0.25) is 0 Å². The second-order valence-corrected chi connectivity index (χ2v) is 8.77. The summed E-state index contributed by atoms with van der Waals surface area (Å²) in [6.45, 7) is 0. The van der Waals surface area contributed by atoms with E-state index in [0.717, 1.165) is 17.8 Å². The van der Waals surface area contributed by atoms with Crippen LogP contribution in [0.3, 0.4) is 0 Å². The molecule has 0 aliphatic carbocycles. The van der Waals surface area contributed by atoms with Crippen LogP contribution in [0.25, 0.3) is 0 Å². The van der Waals surface area contributed by atoms with Gasteiger partial charge in [0, 0.05) is 44.8 Å². The molecule has 0 spiro atoms. The minimum absolute atomic E-state index is 0.0213. The van der Waals surface area contributed by atoms with Crippen molar-refractivity contribution < 1.29 is 18.9 Å². The topological polar surface area (TPSA) is 114 Å². The summed E-state index contributed by atoms with van der Waals surface area (Å²) in [6.07, 6.45) is 1.57. The smallest absolute Gasteiger partial charge is 0.270 e. The molecule has 170 valence electrons. The molecule has 1 heterocycles. The summed E-state index contributed by atoms with van der Waals surface area (Å²) in [6, 6.07) is 16.0. The van der Waals surface area contributed by atoms with E-state index in [1.165, 1.54) is 53.8 Å². The Bertz CT molecular complexity index is 1360. The van der Waals surface area contributed by atoms with Gasteiger partial charge in [-0.1, -0.05) is 23.9 Å². The zero-order valence-corrected chi connectivity index (χ0v) is 18.9. The first kappa shape index (κ1) is 23.1. The molecule has 0 aliphatic heterocycles. The number of amides is 2. The second-order valence-electron chi connectivity index (χ2n) is 6.79. The van der Waals surface area contributed by atoms with E-state index in [-0.39, 0.29) is 22.1 Å². The van der Waals surface area contributed by atoms with Crippen LogP contribution in [-0.4, -0.2) is 21.7 Å². The monoisotopic (exact) mass is 494 g/mol. The molecule has 0 saturated heterocycles. The standard InChI is InChI=1S/C23H15FN4O4S2/c24-18-3-1-2-4-20(18)34-19-10-9-16(28(31)32)13-17(19)22(30)26-15-7-5-14(6-8-15)21(29)27-23-25-11-12-33-23/h1-13H,(H,26,30)(H,25,27,29). The van der Waals surface area contributed by atoms with E-state index in [4.69, 9.17) is 0 Å². The fourth-order valence-corrected chi connectivity index (χ4v) is 4.37. The van der Waals surface area contributed by atoms with Crippen molar-refractivity contribution in [1.29, 1.82) is 0 Å². The molecule has 2 N–H and O–H groups in total. The predicted octanol–water partition coefficient (Wildman–Crippen LogP) is 5.85. The summed E-state index contributed by atoms with van der Waals surface area (Å²) in [7, 11) is 0. The molecule has 8 nitrogen and oxygen atoms in total. The molecule has 0 radical (unpaired) electrons. The summed E-state index contributed by atoms with van der Waals surface area (Å²) in [5.74, 6) is -1.43. The molecule has 0 saturated carbocycles. The predicted molar refractivity (Wildman–Crippen MR) is 128 cm³/mol. The van der Waals surface area contributed by atoms with E-state index in [0.29, 0.717) is 21.3 Å². The largest absolute Gasteiger partial charge is 0.322 e. The summed E-state index contributed by atoms with van der Waals surface area (Å²) >= 11 is 2.28. The van der Waals surface area contributed by atoms with Gasteiger partial charge in [-0.05, 0) is 42.5 Å². The Morgan fingerprint density at radius 2 is 1.74 bits per heavy atom. The third kappa shape index (κ3) is 5.45. The van der Waals surface area contributed by atoms with Gasteiger partial charge in [-0.2, -0.15) is 0 Å². The number of nitro benzene ring substituents is 1. The van der Waals surface area contributed by atoms with Gasteiger partial charge in [0.1, 0.15) is 5.82 Å². The maximum atomic E-state index is 14.1. The van der Waals surface area contributed by atoms with E-state index in [1.54, 1.807) is 29.8 Å². The number of carbonyl (C=O) groups excluding carboxylic acids is 2. The highest BCUT2D eigenvalue weighted by Gasteiger charge is 2.19. The minimum Gasteiger partial charge on any atom is -0.322 e. The molecular formula is C23H15FN4O4S2. The quantitative estimate of drug-likeness (QED) is 0.246. The van der Waals surface area contributed by atoms with Crippen LogP contribution >= 0.6 is 23.1 Å². The number of hydrogen-bond acceptors (Lipinski definition) is 7. The third-order valence-corrected chi connectivity index (χ3v) is 6.35. The molecule has 0 atom stereocenters. The Morgan fingerprint density at radius 1 is 0.971 bits per heavy atom. The zero-order valence-electron chi connectivity index (χ0n) is 17.2. The van der Waals surface area contributed by atoms with Crippen molar-refractivity contribution in [2.75, 3.05) is 10.6 Å². The average molecular weight is 495 g/mol. The molecule has 4 rings (SSSR count). The number of nitrogens with zero attached hydrogens (tertiary/aromatic N) is 2. The molecule has 3 aromatic carbocycles. The molecule has 0 fully saturated rings. The van der Waals surface area contributed by atoms with Crippen molar-refractivity contribution in [3.05, 3.63) is 105 Å². The van der Waals surface area contributed by atoms with Crippen molar-refractivity contribution in [2.24, 2.45) is 0 Å². The number of hydrogen-bond donors (Lipinski definition) is 2. The van der Waals surface area contributed by atoms with Gasteiger partial charge >= 0.3 is 0 Å². The van der Waals surface area contributed by atoms with E-state index in [9.17, 15) is 24.1 Å². The average Bonchev–Trinajstić information content (AvgIpc) is 3.34. The van der Waals surface area contributed by atoms with Gasteiger partial charge in [0.25, 0.3) is 17.5 Å². The lowest BCUT2D eigenvalue weighted by atomic mass is 10.1. The fourth-order valence-electron chi connectivity index (χ4n) is 2.90. The van der Waals surface area contributed by atoms with Crippen molar-refractivity contribution in [3.8, 4) is 0 Å². The Labute approximate surface area is 201 Å². The fraction of sp³-hybridized carbons (Fsp3) is 0. The van der Waals surface area contributed by atoms with E-state index in [2.05, 4.69) is 15.6 Å². The van der Waals surface area contributed by atoms with Crippen LogP contribution < -0.4 is 10.6 Å². The molecule has 0 aliphatic rings. The van der Waals surface area contributed by atoms with Crippen LogP contribution in [0.4, 0.5) is 20.9 Å². The lowest BCUT2D eigenvalue weighted by Crippen LogP contribution is -2.14.